The lowest BCUT2D eigenvalue weighted by molar-refractivity contribution is 0.189. The smallest absolute Gasteiger partial charge is 0.00915 e. The van der Waals surface area contributed by atoms with Crippen LogP contribution in [0.1, 0.15) is 46.0 Å². The number of hydrogen-bond donors (Lipinski definition) is 1. The van der Waals surface area contributed by atoms with Crippen molar-refractivity contribution >= 4 is 0 Å². The highest BCUT2D eigenvalue weighted by atomic mass is 15.1. The van der Waals surface area contributed by atoms with Crippen LogP contribution >= 0.6 is 0 Å². The van der Waals surface area contributed by atoms with Crippen molar-refractivity contribution in [3.05, 3.63) is 0 Å². The zero-order valence-electron chi connectivity index (χ0n) is 11.0. The Hall–Kier alpha value is -0.0800. The molecule has 0 atom stereocenters. The Balaban J connectivity index is 1.54. The lowest BCUT2D eigenvalue weighted by atomic mass is 10.0. The number of nitrogens with one attached hydrogen (secondary N) is 1. The van der Waals surface area contributed by atoms with Gasteiger partial charge in [-0.2, -0.15) is 0 Å². The quantitative estimate of drug-likeness (QED) is 0.746. The second kappa shape index (κ2) is 6.02. The van der Waals surface area contributed by atoms with Crippen molar-refractivity contribution in [2.45, 2.75) is 52.0 Å². The molecule has 0 radical (unpaired) electrons. The lowest BCUT2D eigenvalue weighted by Crippen LogP contribution is -2.43. The van der Waals surface area contributed by atoms with Gasteiger partial charge in [0, 0.05) is 6.04 Å². The maximum Gasteiger partial charge on any atom is 0.00915 e. The van der Waals surface area contributed by atoms with Gasteiger partial charge < -0.3 is 10.2 Å². The van der Waals surface area contributed by atoms with E-state index in [1.807, 2.05) is 0 Å². The van der Waals surface area contributed by atoms with E-state index in [0.29, 0.717) is 0 Å². The first-order valence-electron chi connectivity index (χ1n) is 7.20. The van der Waals surface area contributed by atoms with E-state index in [-0.39, 0.29) is 0 Å². The van der Waals surface area contributed by atoms with Gasteiger partial charge in [-0.05, 0) is 70.1 Å². The van der Waals surface area contributed by atoms with Crippen molar-refractivity contribution in [1.82, 2.24) is 10.2 Å². The Morgan fingerprint density at radius 1 is 1.12 bits per heavy atom. The second-order valence-corrected chi connectivity index (χ2v) is 6.15. The van der Waals surface area contributed by atoms with Crippen LogP contribution < -0.4 is 5.32 Å². The number of piperidine rings is 1. The fourth-order valence-corrected chi connectivity index (χ4v) is 2.46. The zero-order valence-corrected chi connectivity index (χ0v) is 11.0. The molecule has 2 aliphatic rings. The molecule has 0 aromatic heterocycles. The third-order valence-electron chi connectivity index (χ3n) is 4.00. The van der Waals surface area contributed by atoms with Crippen molar-refractivity contribution in [1.29, 1.82) is 0 Å². The van der Waals surface area contributed by atoms with Crippen LogP contribution in [0, 0.1) is 11.8 Å². The van der Waals surface area contributed by atoms with E-state index < -0.39 is 0 Å². The van der Waals surface area contributed by atoms with Gasteiger partial charge in [-0.3, -0.25) is 0 Å². The Labute approximate surface area is 101 Å². The number of likely N-dealkylation sites (tertiary alicyclic amines) is 1. The summed E-state index contributed by atoms with van der Waals surface area (Å²) in [5.41, 5.74) is 0. The predicted octanol–water partition coefficient (Wildman–Crippen LogP) is 2.50. The van der Waals surface area contributed by atoms with Crippen LogP contribution in [0.4, 0.5) is 0 Å². The molecular weight excluding hydrogens is 196 g/mol. The molecule has 2 fully saturated rings. The van der Waals surface area contributed by atoms with E-state index in [4.69, 9.17) is 0 Å². The van der Waals surface area contributed by atoms with E-state index in [1.165, 1.54) is 58.3 Å². The molecule has 1 N–H and O–H groups in total. The average Bonchev–Trinajstić information content (AvgIpc) is 3.09. The molecule has 2 rings (SSSR count). The van der Waals surface area contributed by atoms with Gasteiger partial charge in [0.15, 0.2) is 0 Å². The van der Waals surface area contributed by atoms with E-state index in [2.05, 4.69) is 24.1 Å². The average molecular weight is 224 g/mol. The number of hydrogen-bond acceptors (Lipinski definition) is 2. The highest BCUT2D eigenvalue weighted by molar-refractivity contribution is 4.81. The van der Waals surface area contributed by atoms with Gasteiger partial charge in [-0.25, -0.2) is 0 Å². The Bertz CT molecular complexity index is 177. The summed E-state index contributed by atoms with van der Waals surface area (Å²) in [5, 5.41) is 3.74. The van der Waals surface area contributed by atoms with Crippen molar-refractivity contribution < 1.29 is 0 Å². The van der Waals surface area contributed by atoms with Gasteiger partial charge in [-0.1, -0.05) is 13.8 Å². The second-order valence-electron chi connectivity index (χ2n) is 6.15. The molecule has 1 aliphatic heterocycles. The summed E-state index contributed by atoms with van der Waals surface area (Å²) < 4.78 is 0. The molecule has 1 saturated heterocycles. The zero-order chi connectivity index (χ0) is 11.4. The summed E-state index contributed by atoms with van der Waals surface area (Å²) in [5.74, 6) is 1.88. The van der Waals surface area contributed by atoms with Crippen LogP contribution in [-0.2, 0) is 0 Å². The first kappa shape index (κ1) is 12.4. The van der Waals surface area contributed by atoms with Gasteiger partial charge in [0.2, 0.25) is 0 Å². The monoisotopic (exact) mass is 224 g/mol. The molecule has 0 amide bonds. The summed E-state index contributed by atoms with van der Waals surface area (Å²) >= 11 is 0. The molecule has 16 heavy (non-hydrogen) atoms. The van der Waals surface area contributed by atoms with E-state index >= 15 is 0 Å². The third-order valence-corrected chi connectivity index (χ3v) is 4.00. The summed E-state index contributed by atoms with van der Waals surface area (Å²) in [4.78, 5) is 2.65. The number of nitrogens with zero attached hydrogens (tertiary/aromatic N) is 1. The summed E-state index contributed by atoms with van der Waals surface area (Å²) in [6, 6.07) is 0.816. The van der Waals surface area contributed by atoms with Crippen LogP contribution in [0.25, 0.3) is 0 Å². The van der Waals surface area contributed by atoms with Crippen LogP contribution in [0.5, 0.6) is 0 Å². The van der Waals surface area contributed by atoms with Crippen LogP contribution in [0.15, 0.2) is 0 Å². The normalized spacial score (nSPS) is 24.2. The minimum Gasteiger partial charge on any atom is -0.314 e. The molecule has 2 nitrogen and oxygen atoms in total. The topological polar surface area (TPSA) is 15.3 Å². The molecule has 94 valence electrons. The molecular formula is C14H28N2. The molecule has 0 aromatic carbocycles. The van der Waals surface area contributed by atoms with Gasteiger partial charge in [0.1, 0.15) is 0 Å². The Morgan fingerprint density at radius 3 is 2.38 bits per heavy atom. The predicted molar refractivity (Wildman–Crippen MR) is 69.6 cm³/mol. The van der Waals surface area contributed by atoms with E-state index in [0.717, 1.165) is 17.9 Å². The maximum atomic E-state index is 3.74. The Morgan fingerprint density at radius 2 is 1.81 bits per heavy atom. The van der Waals surface area contributed by atoms with E-state index in [1.54, 1.807) is 0 Å². The fraction of sp³-hybridized carbons (Fsp3) is 1.00. The van der Waals surface area contributed by atoms with Crippen molar-refractivity contribution in [3.63, 3.8) is 0 Å². The molecule has 0 aromatic rings. The van der Waals surface area contributed by atoms with Crippen molar-refractivity contribution in [2.75, 3.05) is 26.2 Å². The van der Waals surface area contributed by atoms with Gasteiger partial charge in [0.25, 0.3) is 0 Å². The summed E-state index contributed by atoms with van der Waals surface area (Å²) in [6.45, 7) is 9.88. The number of rotatable bonds is 6. The SMILES string of the molecule is CC(C)CCN1CCC(NCC2CC2)CC1. The summed E-state index contributed by atoms with van der Waals surface area (Å²) in [6.07, 6.45) is 7.04. The van der Waals surface area contributed by atoms with Crippen LogP contribution in [0.3, 0.4) is 0 Å². The van der Waals surface area contributed by atoms with Gasteiger partial charge in [0.05, 0.1) is 0 Å². The van der Waals surface area contributed by atoms with Gasteiger partial charge >= 0.3 is 0 Å². The summed E-state index contributed by atoms with van der Waals surface area (Å²) in [7, 11) is 0. The first-order valence-corrected chi connectivity index (χ1v) is 7.20. The van der Waals surface area contributed by atoms with Crippen molar-refractivity contribution in [3.8, 4) is 0 Å². The molecule has 2 heteroatoms. The maximum absolute atomic E-state index is 3.74. The molecule has 0 bridgehead atoms. The largest absolute Gasteiger partial charge is 0.314 e. The highest BCUT2D eigenvalue weighted by Crippen LogP contribution is 2.28. The van der Waals surface area contributed by atoms with E-state index in [9.17, 15) is 0 Å². The first-order chi connectivity index (χ1) is 7.74. The Kier molecular flexibility index (Phi) is 4.66. The van der Waals surface area contributed by atoms with Crippen molar-refractivity contribution in [2.24, 2.45) is 11.8 Å². The molecule has 0 unspecified atom stereocenters. The van der Waals surface area contributed by atoms with Crippen LogP contribution in [0.2, 0.25) is 0 Å². The molecule has 1 heterocycles. The van der Waals surface area contributed by atoms with Gasteiger partial charge in [-0.15, -0.1) is 0 Å². The van der Waals surface area contributed by atoms with Crippen LogP contribution in [-0.4, -0.2) is 37.1 Å². The third kappa shape index (κ3) is 4.42. The molecule has 0 spiro atoms. The fourth-order valence-electron chi connectivity index (χ4n) is 2.46. The minimum absolute atomic E-state index is 0.816. The minimum atomic E-state index is 0.816. The highest BCUT2D eigenvalue weighted by Gasteiger charge is 2.24. The molecule has 1 saturated carbocycles. The standard InChI is InChI=1S/C14H28N2/c1-12(2)5-8-16-9-6-14(7-10-16)15-11-13-3-4-13/h12-15H,3-11H2,1-2H3. The lowest BCUT2D eigenvalue weighted by Gasteiger charge is -2.32. The molecule has 1 aliphatic carbocycles.